The number of carbonyl (C=O) groups is 1. The van der Waals surface area contributed by atoms with Crippen molar-refractivity contribution in [2.24, 2.45) is 7.05 Å². The standard InChI is InChI=1S/C18H26N6O/c1-21-11-7-17(20-21)18(25)23-13-15-5-8-19-24(15)16(14-23)6-12-22-9-3-2-4-10-22/h5,7-8,11,16H,2-4,6,9-10,12-14H2,1H3/t16-/m0/s1. The van der Waals surface area contributed by atoms with Gasteiger partial charge in [0.05, 0.1) is 18.3 Å². The normalized spacial score (nSPS) is 21.3. The molecule has 0 aliphatic carbocycles. The molecular formula is C18H26N6O. The monoisotopic (exact) mass is 342 g/mol. The second-order valence-electron chi connectivity index (χ2n) is 7.17. The van der Waals surface area contributed by atoms with Crippen LogP contribution in [0.25, 0.3) is 0 Å². The quantitative estimate of drug-likeness (QED) is 0.848. The average Bonchev–Trinajstić information content (AvgIpc) is 3.28. The summed E-state index contributed by atoms with van der Waals surface area (Å²) in [7, 11) is 1.84. The Morgan fingerprint density at radius 2 is 2.08 bits per heavy atom. The van der Waals surface area contributed by atoms with Gasteiger partial charge in [-0.1, -0.05) is 6.42 Å². The lowest BCUT2D eigenvalue weighted by Crippen LogP contribution is -2.43. The fraction of sp³-hybridized carbons (Fsp3) is 0.611. The molecule has 1 fully saturated rings. The predicted molar refractivity (Wildman–Crippen MR) is 94.1 cm³/mol. The highest BCUT2D eigenvalue weighted by Crippen LogP contribution is 2.25. The van der Waals surface area contributed by atoms with Gasteiger partial charge >= 0.3 is 0 Å². The number of hydrogen-bond donors (Lipinski definition) is 0. The minimum absolute atomic E-state index is 0.0102. The highest BCUT2D eigenvalue weighted by molar-refractivity contribution is 5.92. The molecule has 2 aliphatic heterocycles. The number of nitrogens with zero attached hydrogens (tertiary/aromatic N) is 6. The van der Waals surface area contributed by atoms with E-state index in [1.165, 1.54) is 32.4 Å². The highest BCUT2D eigenvalue weighted by atomic mass is 16.2. The van der Waals surface area contributed by atoms with Crippen molar-refractivity contribution in [1.29, 1.82) is 0 Å². The third-order valence-corrected chi connectivity index (χ3v) is 5.33. The molecule has 134 valence electrons. The van der Waals surface area contributed by atoms with E-state index in [4.69, 9.17) is 0 Å². The molecule has 2 aromatic heterocycles. The van der Waals surface area contributed by atoms with E-state index in [2.05, 4.69) is 19.8 Å². The molecule has 2 aromatic rings. The van der Waals surface area contributed by atoms with Crippen LogP contribution in [-0.2, 0) is 13.6 Å². The van der Waals surface area contributed by atoms with Gasteiger partial charge in [-0.05, 0) is 44.5 Å². The molecule has 1 saturated heterocycles. The van der Waals surface area contributed by atoms with E-state index in [-0.39, 0.29) is 11.9 Å². The van der Waals surface area contributed by atoms with E-state index in [0.717, 1.165) is 18.7 Å². The number of carbonyl (C=O) groups excluding carboxylic acids is 1. The third-order valence-electron chi connectivity index (χ3n) is 5.33. The van der Waals surface area contributed by atoms with E-state index in [0.29, 0.717) is 18.8 Å². The summed E-state index contributed by atoms with van der Waals surface area (Å²) in [5, 5.41) is 8.78. The molecular weight excluding hydrogens is 316 g/mol. The molecule has 0 saturated carbocycles. The van der Waals surface area contributed by atoms with Crippen molar-refractivity contribution in [2.45, 2.75) is 38.3 Å². The SMILES string of the molecule is Cn1ccc(C(=O)N2Cc3ccnn3[C@@H](CCN3CCCCC3)C2)n1. The smallest absolute Gasteiger partial charge is 0.274 e. The Morgan fingerprint density at radius 3 is 2.84 bits per heavy atom. The first-order valence-corrected chi connectivity index (χ1v) is 9.24. The molecule has 7 nitrogen and oxygen atoms in total. The van der Waals surface area contributed by atoms with Crippen LogP contribution >= 0.6 is 0 Å². The van der Waals surface area contributed by atoms with Crippen molar-refractivity contribution >= 4 is 5.91 Å². The van der Waals surface area contributed by atoms with Crippen LogP contribution in [0.15, 0.2) is 24.5 Å². The molecule has 7 heteroatoms. The summed E-state index contributed by atoms with van der Waals surface area (Å²) in [4.78, 5) is 17.3. The Bertz CT molecular complexity index is 730. The predicted octanol–water partition coefficient (Wildman–Crippen LogP) is 1.69. The summed E-state index contributed by atoms with van der Waals surface area (Å²) >= 11 is 0. The minimum Gasteiger partial charge on any atom is -0.329 e. The topological polar surface area (TPSA) is 59.2 Å². The van der Waals surface area contributed by atoms with Crippen LogP contribution in [-0.4, -0.2) is 61.4 Å². The number of hydrogen-bond acceptors (Lipinski definition) is 4. The molecule has 4 heterocycles. The van der Waals surface area contributed by atoms with Crippen LogP contribution in [0.3, 0.4) is 0 Å². The molecule has 0 N–H and O–H groups in total. The largest absolute Gasteiger partial charge is 0.329 e. The zero-order chi connectivity index (χ0) is 17.2. The number of amides is 1. The van der Waals surface area contributed by atoms with Crippen molar-refractivity contribution in [3.8, 4) is 0 Å². The molecule has 1 amide bonds. The van der Waals surface area contributed by atoms with Gasteiger partial charge in [-0.25, -0.2) is 0 Å². The van der Waals surface area contributed by atoms with Crippen LogP contribution in [0.1, 0.15) is 47.9 Å². The maximum atomic E-state index is 12.8. The molecule has 0 bridgehead atoms. The Hall–Kier alpha value is -2.15. The van der Waals surface area contributed by atoms with Crippen molar-refractivity contribution in [1.82, 2.24) is 29.4 Å². The lowest BCUT2D eigenvalue weighted by molar-refractivity contribution is 0.0647. The fourth-order valence-corrected chi connectivity index (χ4v) is 3.96. The van der Waals surface area contributed by atoms with Crippen LogP contribution < -0.4 is 0 Å². The Morgan fingerprint density at radius 1 is 1.24 bits per heavy atom. The van der Waals surface area contributed by atoms with Gasteiger partial charge in [-0.2, -0.15) is 10.2 Å². The maximum absolute atomic E-state index is 12.8. The summed E-state index contributed by atoms with van der Waals surface area (Å²) in [6.07, 6.45) is 8.66. The van der Waals surface area contributed by atoms with Crippen LogP contribution in [0.4, 0.5) is 0 Å². The summed E-state index contributed by atoms with van der Waals surface area (Å²) < 4.78 is 3.79. The van der Waals surface area contributed by atoms with E-state index in [1.54, 1.807) is 10.7 Å². The molecule has 0 aromatic carbocycles. The Kier molecular flexibility index (Phi) is 4.57. The maximum Gasteiger partial charge on any atom is 0.274 e. The van der Waals surface area contributed by atoms with Crippen LogP contribution in [0, 0.1) is 0 Å². The van der Waals surface area contributed by atoms with Crippen LogP contribution in [0.2, 0.25) is 0 Å². The van der Waals surface area contributed by atoms with Crippen molar-refractivity contribution in [3.63, 3.8) is 0 Å². The number of fused-ring (bicyclic) bond motifs is 1. The first kappa shape index (κ1) is 16.3. The molecule has 2 aliphatic rings. The van der Waals surface area contributed by atoms with Crippen molar-refractivity contribution < 1.29 is 4.79 Å². The number of aromatic nitrogens is 4. The van der Waals surface area contributed by atoms with E-state index in [9.17, 15) is 4.79 Å². The van der Waals surface area contributed by atoms with Gasteiger partial charge in [0.15, 0.2) is 0 Å². The van der Waals surface area contributed by atoms with Gasteiger partial charge in [-0.15, -0.1) is 0 Å². The van der Waals surface area contributed by atoms with Crippen molar-refractivity contribution in [2.75, 3.05) is 26.2 Å². The molecule has 0 radical (unpaired) electrons. The van der Waals surface area contributed by atoms with Gasteiger partial charge < -0.3 is 9.80 Å². The average molecular weight is 342 g/mol. The second kappa shape index (κ2) is 7.00. The minimum atomic E-state index is 0.0102. The highest BCUT2D eigenvalue weighted by Gasteiger charge is 2.30. The van der Waals surface area contributed by atoms with E-state index < -0.39 is 0 Å². The molecule has 0 spiro atoms. The molecule has 4 rings (SSSR count). The number of likely N-dealkylation sites (tertiary alicyclic amines) is 1. The summed E-state index contributed by atoms with van der Waals surface area (Å²) in [5.41, 5.74) is 1.63. The Balaban J connectivity index is 1.46. The summed E-state index contributed by atoms with van der Waals surface area (Å²) in [6, 6.07) is 4.05. The van der Waals surface area contributed by atoms with E-state index >= 15 is 0 Å². The number of piperidine rings is 1. The van der Waals surface area contributed by atoms with E-state index in [1.807, 2.05) is 30.4 Å². The Labute approximate surface area is 148 Å². The lowest BCUT2D eigenvalue weighted by Gasteiger charge is -2.35. The van der Waals surface area contributed by atoms with Gasteiger partial charge in [0.1, 0.15) is 5.69 Å². The van der Waals surface area contributed by atoms with Gasteiger partial charge in [-0.3, -0.25) is 14.2 Å². The second-order valence-corrected chi connectivity index (χ2v) is 7.17. The number of rotatable bonds is 4. The zero-order valence-corrected chi connectivity index (χ0v) is 14.8. The van der Waals surface area contributed by atoms with Crippen molar-refractivity contribution in [3.05, 3.63) is 35.9 Å². The summed E-state index contributed by atoms with van der Waals surface area (Å²) in [5.74, 6) is 0.0102. The third kappa shape index (κ3) is 3.46. The van der Waals surface area contributed by atoms with Gasteiger partial charge in [0, 0.05) is 32.5 Å². The van der Waals surface area contributed by atoms with Gasteiger partial charge in [0.25, 0.3) is 5.91 Å². The van der Waals surface area contributed by atoms with Gasteiger partial charge in [0.2, 0.25) is 0 Å². The summed E-state index contributed by atoms with van der Waals surface area (Å²) in [6.45, 7) is 4.80. The first-order valence-electron chi connectivity index (χ1n) is 9.24. The fourth-order valence-electron chi connectivity index (χ4n) is 3.96. The first-order chi connectivity index (χ1) is 12.2. The molecule has 25 heavy (non-hydrogen) atoms. The zero-order valence-electron chi connectivity index (χ0n) is 14.8. The lowest BCUT2D eigenvalue weighted by atomic mass is 10.1. The van der Waals surface area contributed by atoms with Crippen LogP contribution in [0.5, 0.6) is 0 Å². The molecule has 1 atom stereocenters. The number of aryl methyl sites for hydroxylation is 1. The molecule has 0 unspecified atom stereocenters.